The predicted octanol–water partition coefficient (Wildman–Crippen LogP) is 4.99. The minimum absolute atomic E-state index is 0.0676. The van der Waals surface area contributed by atoms with Gasteiger partial charge in [0.05, 0.1) is 22.0 Å². The summed E-state index contributed by atoms with van der Waals surface area (Å²) in [5, 5.41) is 3.48. The van der Waals surface area contributed by atoms with Crippen LogP contribution in [0.2, 0.25) is 0 Å². The van der Waals surface area contributed by atoms with Crippen molar-refractivity contribution >= 4 is 51.0 Å². The van der Waals surface area contributed by atoms with Gasteiger partial charge in [-0.15, -0.1) is 11.8 Å². The number of hydrogen-bond acceptors (Lipinski definition) is 5. The number of carbonyl (C=O) groups excluding carboxylic acids is 1. The van der Waals surface area contributed by atoms with E-state index in [9.17, 15) is 9.59 Å². The van der Waals surface area contributed by atoms with Crippen molar-refractivity contribution < 1.29 is 4.79 Å². The highest BCUT2D eigenvalue weighted by Crippen LogP contribution is 2.30. The van der Waals surface area contributed by atoms with Crippen molar-refractivity contribution in [2.45, 2.75) is 30.3 Å². The molecule has 3 aromatic rings. The van der Waals surface area contributed by atoms with Gasteiger partial charge in [0.2, 0.25) is 5.91 Å². The number of nitrogens with one attached hydrogen (secondary N) is 1. The summed E-state index contributed by atoms with van der Waals surface area (Å²) in [5.74, 6) is 0.901. The van der Waals surface area contributed by atoms with Gasteiger partial charge in [0.25, 0.3) is 5.56 Å². The fraction of sp³-hybridized carbons (Fsp3) is 0.227. The van der Waals surface area contributed by atoms with E-state index in [2.05, 4.69) is 27.3 Å². The lowest BCUT2D eigenvalue weighted by Gasteiger charge is -2.14. The van der Waals surface area contributed by atoms with Crippen LogP contribution in [0.5, 0.6) is 0 Å². The normalized spacial score (nSPS) is 12.6. The van der Waals surface area contributed by atoms with E-state index in [0.29, 0.717) is 10.1 Å². The zero-order valence-electron chi connectivity index (χ0n) is 16.6. The number of hydrogen-bond donors (Lipinski definition) is 1. The standard InChI is InChI=1S/C22H20BrN3O2S2/c1-13-9-14(2)11-16(10-13)24-19(27)12-30-22-25-18-7-8-29-20(18)21(28)26(22)17-5-3-15(23)4-6-17/h3-6,9-11H,7-8,12H2,1-2H3,(H,24,27). The molecule has 1 amide bonds. The molecule has 0 atom stereocenters. The zero-order chi connectivity index (χ0) is 21.3. The minimum atomic E-state index is -0.128. The Balaban J connectivity index is 1.60. The third kappa shape index (κ3) is 4.66. The number of nitrogens with zero attached hydrogens (tertiary/aromatic N) is 2. The summed E-state index contributed by atoms with van der Waals surface area (Å²) in [5.41, 5.74) is 4.47. The van der Waals surface area contributed by atoms with E-state index in [-0.39, 0.29) is 17.2 Å². The molecule has 0 saturated heterocycles. The lowest BCUT2D eigenvalue weighted by molar-refractivity contribution is -0.113. The van der Waals surface area contributed by atoms with Crippen molar-refractivity contribution in [1.82, 2.24) is 9.55 Å². The van der Waals surface area contributed by atoms with E-state index < -0.39 is 0 Å². The van der Waals surface area contributed by atoms with Crippen LogP contribution in [0, 0.1) is 13.8 Å². The largest absolute Gasteiger partial charge is 0.325 e. The van der Waals surface area contributed by atoms with Crippen molar-refractivity contribution in [3.05, 3.63) is 74.1 Å². The van der Waals surface area contributed by atoms with Crippen molar-refractivity contribution in [3.8, 4) is 5.69 Å². The predicted molar refractivity (Wildman–Crippen MR) is 127 cm³/mol. The molecule has 5 nitrogen and oxygen atoms in total. The second kappa shape index (κ2) is 8.99. The number of aryl methyl sites for hydroxylation is 3. The summed E-state index contributed by atoms with van der Waals surface area (Å²) in [4.78, 5) is 31.2. The molecule has 0 radical (unpaired) electrons. The third-order valence-corrected chi connectivity index (χ3v) is 7.16. The summed E-state index contributed by atoms with van der Waals surface area (Å²) >= 11 is 6.26. The highest BCUT2D eigenvalue weighted by molar-refractivity contribution is 9.10. The first-order valence-corrected chi connectivity index (χ1v) is 12.2. The number of carbonyl (C=O) groups is 1. The maximum atomic E-state index is 13.2. The van der Waals surface area contributed by atoms with Crippen molar-refractivity contribution in [2.24, 2.45) is 0 Å². The smallest absolute Gasteiger partial charge is 0.272 e. The van der Waals surface area contributed by atoms with Gasteiger partial charge in [-0.1, -0.05) is 33.8 Å². The average molecular weight is 502 g/mol. The lowest BCUT2D eigenvalue weighted by Crippen LogP contribution is -2.24. The van der Waals surface area contributed by atoms with E-state index in [0.717, 1.165) is 44.8 Å². The molecule has 30 heavy (non-hydrogen) atoms. The van der Waals surface area contributed by atoms with Crippen molar-refractivity contribution in [2.75, 3.05) is 16.8 Å². The highest BCUT2D eigenvalue weighted by atomic mass is 79.9. The van der Waals surface area contributed by atoms with Crippen LogP contribution in [0.15, 0.2) is 61.8 Å². The van der Waals surface area contributed by atoms with Crippen LogP contribution in [-0.4, -0.2) is 27.0 Å². The van der Waals surface area contributed by atoms with Gasteiger partial charge in [-0.25, -0.2) is 4.98 Å². The lowest BCUT2D eigenvalue weighted by atomic mass is 10.1. The molecule has 1 aromatic heterocycles. The van der Waals surface area contributed by atoms with Crippen LogP contribution in [0.1, 0.15) is 16.8 Å². The van der Waals surface area contributed by atoms with Crippen LogP contribution in [0.4, 0.5) is 5.69 Å². The number of thioether (sulfide) groups is 2. The van der Waals surface area contributed by atoms with Gasteiger partial charge in [-0.2, -0.15) is 0 Å². The van der Waals surface area contributed by atoms with Crippen molar-refractivity contribution in [1.29, 1.82) is 0 Å². The molecule has 4 rings (SSSR count). The van der Waals surface area contributed by atoms with Gasteiger partial charge in [0.1, 0.15) is 0 Å². The van der Waals surface area contributed by atoms with E-state index >= 15 is 0 Å². The van der Waals surface area contributed by atoms with Crippen LogP contribution < -0.4 is 10.9 Å². The van der Waals surface area contributed by atoms with Gasteiger partial charge in [0, 0.05) is 22.3 Å². The number of rotatable bonds is 5. The van der Waals surface area contributed by atoms with Gasteiger partial charge < -0.3 is 5.32 Å². The van der Waals surface area contributed by atoms with Crippen LogP contribution >= 0.6 is 39.5 Å². The Kier molecular flexibility index (Phi) is 6.36. The Labute approximate surface area is 191 Å². The SMILES string of the molecule is Cc1cc(C)cc(NC(=O)CSc2nc3c(c(=O)n2-c2ccc(Br)cc2)SCC3)c1. The van der Waals surface area contributed by atoms with Crippen LogP contribution in [-0.2, 0) is 11.2 Å². The molecule has 1 aliphatic rings. The minimum Gasteiger partial charge on any atom is -0.325 e. The van der Waals surface area contributed by atoms with Gasteiger partial charge >= 0.3 is 0 Å². The molecule has 0 fully saturated rings. The number of aromatic nitrogens is 2. The van der Waals surface area contributed by atoms with Crippen LogP contribution in [0.3, 0.4) is 0 Å². The number of anilines is 1. The van der Waals surface area contributed by atoms with Crippen LogP contribution in [0.25, 0.3) is 5.69 Å². The van der Waals surface area contributed by atoms with E-state index in [1.54, 1.807) is 16.3 Å². The number of benzene rings is 2. The Hall–Kier alpha value is -2.03. The number of halogens is 1. The Morgan fingerprint density at radius 1 is 1.20 bits per heavy atom. The van der Waals surface area contributed by atoms with Gasteiger partial charge in [-0.05, 0) is 61.4 Å². The molecule has 0 unspecified atom stereocenters. The Bertz CT molecular complexity index is 1160. The first-order chi connectivity index (χ1) is 14.4. The maximum Gasteiger partial charge on any atom is 0.272 e. The van der Waals surface area contributed by atoms with E-state index in [1.165, 1.54) is 11.8 Å². The third-order valence-electron chi connectivity index (χ3n) is 4.59. The second-order valence-electron chi connectivity index (χ2n) is 7.10. The molecule has 0 bridgehead atoms. The zero-order valence-corrected chi connectivity index (χ0v) is 19.8. The Morgan fingerprint density at radius 2 is 1.90 bits per heavy atom. The van der Waals surface area contributed by atoms with E-state index in [1.807, 2.05) is 50.2 Å². The van der Waals surface area contributed by atoms with Gasteiger partial charge in [-0.3, -0.25) is 14.2 Å². The monoisotopic (exact) mass is 501 g/mol. The molecule has 0 spiro atoms. The molecular weight excluding hydrogens is 482 g/mol. The number of amides is 1. The summed E-state index contributed by atoms with van der Waals surface area (Å²) in [6.45, 7) is 4.00. The first-order valence-electron chi connectivity index (χ1n) is 9.46. The maximum absolute atomic E-state index is 13.2. The molecule has 8 heteroatoms. The van der Waals surface area contributed by atoms with Crippen molar-refractivity contribution in [3.63, 3.8) is 0 Å². The molecule has 0 aliphatic carbocycles. The summed E-state index contributed by atoms with van der Waals surface area (Å²) in [6, 6.07) is 13.5. The highest BCUT2D eigenvalue weighted by Gasteiger charge is 2.23. The van der Waals surface area contributed by atoms with Gasteiger partial charge in [0.15, 0.2) is 5.16 Å². The fourth-order valence-electron chi connectivity index (χ4n) is 3.38. The first kappa shape index (κ1) is 21.2. The summed E-state index contributed by atoms with van der Waals surface area (Å²) in [6.07, 6.45) is 0.777. The number of fused-ring (bicyclic) bond motifs is 1. The second-order valence-corrected chi connectivity index (χ2v) is 10.1. The Morgan fingerprint density at radius 3 is 2.60 bits per heavy atom. The molecule has 1 N–H and O–H groups in total. The quantitative estimate of drug-likeness (QED) is 0.394. The molecule has 1 aliphatic heterocycles. The molecule has 154 valence electrons. The van der Waals surface area contributed by atoms with E-state index in [4.69, 9.17) is 4.98 Å². The molecule has 0 saturated carbocycles. The topological polar surface area (TPSA) is 64.0 Å². The molecule has 2 heterocycles. The summed E-state index contributed by atoms with van der Waals surface area (Å²) < 4.78 is 2.54. The fourth-order valence-corrected chi connectivity index (χ4v) is 5.50. The average Bonchev–Trinajstić information content (AvgIpc) is 3.16. The molecular formula is C22H20BrN3O2S2. The molecule has 2 aromatic carbocycles. The summed E-state index contributed by atoms with van der Waals surface area (Å²) in [7, 11) is 0.